The Morgan fingerprint density at radius 2 is 2.00 bits per heavy atom. The first-order valence-corrected chi connectivity index (χ1v) is 10.0. The summed E-state index contributed by atoms with van der Waals surface area (Å²) < 4.78 is 2.24. The molecule has 0 atom stereocenters. The van der Waals surface area contributed by atoms with E-state index in [1.54, 1.807) is 7.05 Å². The number of hydrogen-bond acceptors (Lipinski definition) is 4. The van der Waals surface area contributed by atoms with Crippen molar-refractivity contribution in [2.24, 2.45) is 4.99 Å². The molecule has 2 aliphatic heterocycles. The van der Waals surface area contributed by atoms with Gasteiger partial charge in [-0.05, 0) is 40.5 Å². The van der Waals surface area contributed by atoms with Crippen LogP contribution in [0.5, 0.6) is 0 Å². The number of carbonyl (C=O) groups is 1. The van der Waals surface area contributed by atoms with Crippen molar-refractivity contribution in [1.82, 2.24) is 29.9 Å². The molecule has 9 heteroatoms. The lowest BCUT2D eigenvalue weighted by molar-refractivity contribution is -0.145. The lowest BCUT2D eigenvalue weighted by atomic mass is 9.96. The molecule has 0 bridgehead atoms. The second-order valence-corrected chi connectivity index (χ2v) is 8.42. The summed E-state index contributed by atoms with van der Waals surface area (Å²) in [6.07, 6.45) is 4.61. The second kappa shape index (κ2) is 9.41. The number of nitrogens with one attached hydrogen (secondary N) is 1. The minimum atomic E-state index is -0.243. The van der Waals surface area contributed by atoms with Crippen LogP contribution >= 0.6 is 24.0 Å². The van der Waals surface area contributed by atoms with Crippen LogP contribution < -0.4 is 5.32 Å². The van der Waals surface area contributed by atoms with Crippen molar-refractivity contribution in [3.05, 3.63) is 11.6 Å². The molecule has 0 saturated carbocycles. The molecule has 3 heterocycles. The molecule has 1 amide bonds. The maximum atomic E-state index is 12.7. The zero-order valence-electron chi connectivity index (χ0n) is 17.7. The molecule has 1 aromatic rings. The highest BCUT2D eigenvalue weighted by molar-refractivity contribution is 14.0. The third kappa shape index (κ3) is 4.77. The first-order valence-electron chi connectivity index (χ1n) is 10.0. The molecule has 1 N–H and O–H groups in total. The van der Waals surface area contributed by atoms with E-state index < -0.39 is 0 Å². The van der Waals surface area contributed by atoms with Crippen molar-refractivity contribution in [3.8, 4) is 0 Å². The molecule has 2 aliphatic rings. The second-order valence-electron chi connectivity index (χ2n) is 8.42. The summed E-state index contributed by atoms with van der Waals surface area (Å²) in [6, 6.07) is 0.191. The quantitative estimate of drug-likeness (QED) is 0.388. The Hall–Kier alpha value is -1.39. The number of aliphatic imine (C=N–C) groups is 1. The van der Waals surface area contributed by atoms with E-state index >= 15 is 0 Å². The number of aryl methyl sites for hydroxylation is 1. The van der Waals surface area contributed by atoms with Crippen LogP contribution in [0.4, 0.5) is 0 Å². The van der Waals surface area contributed by atoms with Gasteiger partial charge in [-0.3, -0.25) is 9.79 Å². The Morgan fingerprint density at radius 1 is 1.25 bits per heavy atom. The van der Waals surface area contributed by atoms with Gasteiger partial charge in [-0.15, -0.1) is 34.2 Å². The summed E-state index contributed by atoms with van der Waals surface area (Å²) in [6.45, 7) is 11.0. The molecule has 0 aromatic carbocycles. The third-order valence-corrected chi connectivity index (χ3v) is 5.44. The van der Waals surface area contributed by atoms with Crippen LogP contribution in [0.1, 0.15) is 58.6 Å². The van der Waals surface area contributed by atoms with Crippen molar-refractivity contribution in [1.29, 1.82) is 0 Å². The Balaban J connectivity index is 0.00000280. The fourth-order valence-electron chi connectivity index (χ4n) is 4.48. The average molecular weight is 503 g/mol. The molecule has 0 radical (unpaired) electrons. The van der Waals surface area contributed by atoms with Gasteiger partial charge in [-0.25, -0.2) is 0 Å². The molecule has 158 valence electrons. The molecular formula is C19H34IN7O. The highest BCUT2D eigenvalue weighted by Crippen LogP contribution is 2.24. The van der Waals surface area contributed by atoms with E-state index in [0.717, 1.165) is 37.1 Å². The van der Waals surface area contributed by atoms with E-state index in [1.165, 1.54) is 19.3 Å². The van der Waals surface area contributed by atoms with Gasteiger partial charge in [0.1, 0.15) is 5.82 Å². The van der Waals surface area contributed by atoms with E-state index in [9.17, 15) is 4.79 Å². The minimum Gasteiger partial charge on any atom is -0.349 e. The molecular weight excluding hydrogens is 469 g/mol. The summed E-state index contributed by atoms with van der Waals surface area (Å²) in [5, 5.41) is 12.1. The minimum absolute atomic E-state index is 0. The fourth-order valence-corrected chi connectivity index (χ4v) is 4.48. The van der Waals surface area contributed by atoms with Crippen LogP contribution in [0.25, 0.3) is 0 Å². The van der Waals surface area contributed by atoms with Crippen molar-refractivity contribution in [2.45, 2.75) is 78.0 Å². The normalized spacial score (nSPS) is 19.9. The van der Waals surface area contributed by atoms with Gasteiger partial charge in [0.05, 0.1) is 18.6 Å². The highest BCUT2D eigenvalue weighted by atomic mass is 127. The molecule has 0 aliphatic carbocycles. The zero-order chi connectivity index (χ0) is 19.6. The number of hydrogen-bond donors (Lipinski definition) is 1. The summed E-state index contributed by atoms with van der Waals surface area (Å²) in [5.41, 5.74) is -0.243. The van der Waals surface area contributed by atoms with Crippen LogP contribution in [0, 0.1) is 0 Å². The number of rotatable bonds is 3. The van der Waals surface area contributed by atoms with Crippen LogP contribution in [0.3, 0.4) is 0 Å². The van der Waals surface area contributed by atoms with Gasteiger partial charge in [-0.2, -0.15) is 0 Å². The number of halogens is 1. The van der Waals surface area contributed by atoms with Crippen molar-refractivity contribution >= 4 is 35.8 Å². The summed E-state index contributed by atoms with van der Waals surface area (Å²) in [7, 11) is 1.76. The monoisotopic (exact) mass is 503 g/mol. The smallest absolute Gasteiger partial charge is 0.242 e. The maximum absolute atomic E-state index is 12.7. The molecule has 0 spiro atoms. The number of carbonyl (C=O) groups excluding carboxylic acids is 1. The molecule has 3 rings (SSSR count). The zero-order valence-corrected chi connectivity index (χ0v) is 20.1. The van der Waals surface area contributed by atoms with Gasteiger partial charge in [-0.1, -0.05) is 6.42 Å². The van der Waals surface area contributed by atoms with E-state index in [0.29, 0.717) is 13.1 Å². The van der Waals surface area contributed by atoms with Gasteiger partial charge < -0.3 is 19.7 Å². The van der Waals surface area contributed by atoms with Gasteiger partial charge in [0.2, 0.25) is 5.91 Å². The van der Waals surface area contributed by atoms with Crippen molar-refractivity contribution < 1.29 is 4.79 Å². The van der Waals surface area contributed by atoms with Crippen LogP contribution in [-0.2, 0) is 24.3 Å². The lowest BCUT2D eigenvalue weighted by Gasteiger charge is -2.49. The number of aromatic nitrogens is 3. The number of nitrogens with zero attached hydrogens (tertiary/aromatic N) is 6. The molecule has 8 nitrogen and oxygen atoms in total. The van der Waals surface area contributed by atoms with Crippen LogP contribution in [0.2, 0.25) is 0 Å². The third-order valence-electron chi connectivity index (χ3n) is 5.44. The standard InChI is InChI=1S/C19H33N7O.HI/c1-14(2)26-17(27)12-24(13-19(26,3)4)18(20-5)21-11-16-23-22-15-9-7-6-8-10-25(15)16;/h14H,6-13H2,1-5H3,(H,20,21);1H. The molecule has 1 fully saturated rings. The first-order chi connectivity index (χ1) is 12.8. The van der Waals surface area contributed by atoms with Crippen LogP contribution in [0.15, 0.2) is 4.99 Å². The number of guanidine groups is 1. The molecule has 1 saturated heterocycles. The summed E-state index contributed by atoms with van der Waals surface area (Å²) in [4.78, 5) is 21.2. The Labute approximate surface area is 185 Å². The largest absolute Gasteiger partial charge is 0.349 e. The van der Waals surface area contributed by atoms with E-state index in [1.807, 2.05) is 9.80 Å². The predicted molar refractivity (Wildman–Crippen MR) is 121 cm³/mol. The Kier molecular flexibility index (Phi) is 7.69. The lowest BCUT2D eigenvalue weighted by Crippen LogP contribution is -2.66. The maximum Gasteiger partial charge on any atom is 0.242 e. The predicted octanol–water partition coefficient (Wildman–Crippen LogP) is 2.03. The number of piperazine rings is 1. The number of amides is 1. The van der Waals surface area contributed by atoms with Gasteiger partial charge in [0.25, 0.3) is 0 Å². The Morgan fingerprint density at radius 3 is 2.64 bits per heavy atom. The first kappa shape index (κ1) is 22.9. The summed E-state index contributed by atoms with van der Waals surface area (Å²) >= 11 is 0. The van der Waals surface area contributed by atoms with Crippen LogP contribution in [-0.4, -0.2) is 68.1 Å². The molecule has 28 heavy (non-hydrogen) atoms. The summed E-state index contributed by atoms with van der Waals surface area (Å²) in [5.74, 6) is 2.91. The van der Waals surface area contributed by atoms with E-state index in [2.05, 4.69) is 52.8 Å². The van der Waals surface area contributed by atoms with E-state index in [-0.39, 0.29) is 41.5 Å². The van der Waals surface area contributed by atoms with Crippen molar-refractivity contribution in [2.75, 3.05) is 20.1 Å². The topological polar surface area (TPSA) is 78.6 Å². The fraction of sp³-hybridized carbons (Fsp3) is 0.789. The van der Waals surface area contributed by atoms with Gasteiger partial charge in [0.15, 0.2) is 11.8 Å². The molecule has 0 unspecified atom stereocenters. The Bertz CT molecular complexity index is 713. The average Bonchev–Trinajstić information content (AvgIpc) is 2.81. The van der Waals surface area contributed by atoms with Gasteiger partial charge in [0, 0.05) is 32.6 Å². The number of fused-ring (bicyclic) bond motifs is 1. The van der Waals surface area contributed by atoms with Gasteiger partial charge >= 0.3 is 0 Å². The highest BCUT2D eigenvalue weighted by Gasteiger charge is 2.40. The SMILES string of the molecule is CN=C(NCc1nnc2n1CCCCC2)N1CC(=O)N(C(C)C)C(C)(C)C1.I. The molecule has 1 aromatic heterocycles. The van der Waals surface area contributed by atoms with E-state index in [4.69, 9.17) is 0 Å². The van der Waals surface area contributed by atoms with Crippen molar-refractivity contribution in [3.63, 3.8) is 0 Å².